The number of hydrogen-bond donors (Lipinski definition) is 3. The van der Waals surface area contributed by atoms with Crippen molar-refractivity contribution < 1.29 is 9.59 Å². The standard InChI is InChI=1S/C30H31N3O2/c1-31-25-17-13-22(14-18-25)11-12-23-15-19-26(20-16-23)33-29(34)21-32-30(35)28-10-6-5-9-27(28)24-7-3-2-4-8-24/h5-7,9-20,31H,2-4,8,21H2,1H3,(H,32,35)(H,33,34)/b12-11+. The fraction of sp³-hybridized carbons (Fsp3) is 0.200. The van der Waals surface area contributed by atoms with E-state index in [1.165, 1.54) is 12.0 Å². The van der Waals surface area contributed by atoms with Crippen LogP contribution in [0.2, 0.25) is 0 Å². The fourth-order valence-electron chi connectivity index (χ4n) is 4.14. The van der Waals surface area contributed by atoms with Gasteiger partial charge in [0, 0.05) is 24.0 Å². The molecule has 5 heteroatoms. The molecule has 0 aliphatic heterocycles. The zero-order chi connectivity index (χ0) is 24.5. The summed E-state index contributed by atoms with van der Waals surface area (Å²) in [6.45, 7) is -0.0868. The maximum absolute atomic E-state index is 12.8. The lowest BCUT2D eigenvalue weighted by atomic mass is 9.90. The molecule has 0 spiro atoms. The number of carbonyl (C=O) groups excluding carboxylic acids is 2. The zero-order valence-electron chi connectivity index (χ0n) is 20.0. The van der Waals surface area contributed by atoms with Crippen molar-refractivity contribution in [3.05, 3.63) is 101 Å². The van der Waals surface area contributed by atoms with Crippen LogP contribution in [0.15, 0.2) is 78.9 Å². The number of rotatable bonds is 8. The van der Waals surface area contributed by atoms with Crippen LogP contribution < -0.4 is 16.0 Å². The molecular weight excluding hydrogens is 434 g/mol. The van der Waals surface area contributed by atoms with Gasteiger partial charge in [-0.05, 0) is 78.3 Å². The number of amides is 2. The first kappa shape index (κ1) is 24.0. The summed E-state index contributed by atoms with van der Waals surface area (Å²) >= 11 is 0. The molecule has 3 N–H and O–H groups in total. The maximum atomic E-state index is 12.8. The number of hydrogen-bond acceptors (Lipinski definition) is 3. The molecule has 0 bridgehead atoms. The molecule has 0 saturated heterocycles. The van der Waals surface area contributed by atoms with Crippen molar-refractivity contribution in [2.75, 3.05) is 24.2 Å². The lowest BCUT2D eigenvalue weighted by molar-refractivity contribution is -0.115. The van der Waals surface area contributed by atoms with E-state index in [9.17, 15) is 9.59 Å². The van der Waals surface area contributed by atoms with Gasteiger partial charge in [0.15, 0.2) is 0 Å². The average Bonchev–Trinajstić information content (AvgIpc) is 2.92. The highest BCUT2D eigenvalue weighted by molar-refractivity contribution is 6.02. The number of nitrogens with one attached hydrogen (secondary N) is 3. The van der Waals surface area contributed by atoms with E-state index in [2.05, 4.69) is 34.2 Å². The summed E-state index contributed by atoms with van der Waals surface area (Å²) < 4.78 is 0. The molecule has 35 heavy (non-hydrogen) atoms. The van der Waals surface area contributed by atoms with Crippen molar-refractivity contribution in [2.45, 2.75) is 25.7 Å². The smallest absolute Gasteiger partial charge is 0.252 e. The molecule has 178 valence electrons. The lowest BCUT2D eigenvalue weighted by Gasteiger charge is -2.16. The van der Waals surface area contributed by atoms with Crippen LogP contribution in [0, 0.1) is 0 Å². The van der Waals surface area contributed by atoms with Crippen LogP contribution in [0.1, 0.15) is 52.7 Å². The van der Waals surface area contributed by atoms with E-state index in [0.717, 1.165) is 41.6 Å². The van der Waals surface area contributed by atoms with Gasteiger partial charge in [-0.25, -0.2) is 0 Å². The Balaban J connectivity index is 1.30. The summed E-state index contributed by atoms with van der Waals surface area (Å²) in [5.41, 5.74) is 6.70. The normalized spacial score (nSPS) is 13.2. The molecule has 2 amide bonds. The van der Waals surface area contributed by atoms with E-state index < -0.39 is 0 Å². The van der Waals surface area contributed by atoms with Crippen molar-refractivity contribution in [1.82, 2.24) is 5.32 Å². The Bertz CT molecular complexity index is 1230. The van der Waals surface area contributed by atoms with E-state index >= 15 is 0 Å². The zero-order valence-corrected chi connectivity index (χ0v) is 20.0. The molecule has 0 saturated carbocycles. The quantitative estimate of drug-likeness (QED) is 0.346. The van der Waals surface area contributed by atoms with Crippen LogP contribution in [0.25, 0.3) is 17.7 Å². The predicted octanol–water partition coefficient (Wildman–Crippen LogP) is 6.22. The second kappa shape index (κ2) is 11.8. The van der Waals surface area contributed by atoms with Gasteiger partial charge in [0.05, 0.1) is 6.54 Å². The molecule has 0 fully saturated rings. The van der Waals surface area contributed by atoms with E-state index in [-0.39, 0.29) is 18.4 Å². The van der Waals surface area contributed by atoms with Gasteiger partial charge in [-0.3, -0.25) is 9.59 Å². The lowest BCUT2D eigenvalue weighted by Crippen LogP contribution is -2.33. The summed E-state index contributed by atoms with van der Waals surface area (Å²) in [4.78, 5) is 25.2. The van der Waals surface area contributed by atoms with Crippen LogP contribution in [0.3, 0.4) is 0 Å². The first-order valence-corrected chi connectivity index (χ1v) is 12.0. The molecule has 3 aromatic rings. The van der Waals surface area contributed by atoms with Gasteiger partial charge in [0.2, 0.25) is 5.91 Å². The van der Waals surface area contributed by atoms with Gasteiger partial charge < -0.3 is 16.0 Å². The molecule has 3 aromatic carbocycles. The number of carbonyl (C=O) groups is 2. The van der Waals surface area contributed by atoms with Crippen molar-refractivity contribution in [2.24, 2.45) is 0 Å². The van der Waals surface area contributed by atoms with E-state index in [4.69, 9.17) is 0 Å². The SMILES string of the molecule is CNc1ccc(/C=C/c2ccc(NC(=O)CNC(=O)c3ccccc3C3=CCCCC3)cc2)cc1. The van der Waals surface area contributed by atoms with E-state index in [1.807, 2.05) is 79.9 Å². The second-order valence-corrected chi connectivity index (χ2v) is 8.58. The van der Waals surface area contributed by atoms with Gasteiger partial charge in [0.1, 0.15) is 0 Å². The highest BCUT2D eigenvalue weighted by Gasteiger charge is 2.16. The number of benzene rings is 3. The van der Waals surface area contributed by atoms with Crippen LogP contribution in [-0.4, -0.2) is 25.4 Å². The van der Waals surface area contributed by atoms with Crippen molar-refractivity contribution in [3.63, 3.8) is 0 Å². The Kier molecular flexibility index (Phi) is 8.12. The number of anilines is 2. The van der Waals surface area contributed by atoms with E-state index in [0.29, 0.717) is 11.3 Å². The van der Waals surface area contributed by atoms with Gasteiger partial charge in [-0.15, -0.1) is 0 Å². The molecule has 0 radical (unpaired) electrons. The monoisotopic (exact) mass is 465 g/mol. The Morgan fingerprint density at radius 1 is 0.829 bits per heavy atom. The largest absolute Gasteiger partial charge is 0.388 e. The molecule has 5 nitrogen and oxygen atoms in total. The van der Waals surface area contributed by atoms with Crippen LogP contribution >= 0.6 is 0 Å². The average molecular weight is 466 g/mol. The molecule has 0 atom stereocenters. The summed E-state index contributed by atoms with van der Waals surface area (Å²) in [5.74, 6) is -0.494. The summed E-state index contributed by atoms with van der Waals surface area (Å²) in [6.07, 6.45) is 10.7. The van der Waals surface area contributed by atoms with Crippen molar-refractivity contribution in [1.29, 1.82) is 0 Å². The Morgan fingerprint density at radius 2 is 1.49 bits per heavy atom. The van der Waals surface area contributed by atoms with Crippen LogP contribution in [0.4, 0.5) is 11.4 Å². The van der Waals surface area contributed by atoms with Gasteiger partial charge >= 0.3 is 0 Å². The first-order valence-electron chi connectivity index (χ1n) is 12.0. The molecule has 0 unspecified atom stereocenters. The van der Waals surface area contributed by atoms with Crippen LogP contribution in [0.5, 0.6) is 0 Å². The molecule has 4 rings (SSSR count). The first-order chi connectivity index (χ1) is 17.1. The van der Waals surface area contributed by atoms with Crippen LogP contribution in [-0.2, 0) is 4.79 Å². The molecule has 0 heterocycles. The Hall–Kier alpha value is -4.12. The minimum atomic E-state index is -0.263. The van der Waals surface area contributed by atoms with Crippen molar-refractivity contribution >= 4 is 40.9 Å². The summed E-state index contributed by atoms with van der Waals surface area (Å²) in [7, 11) is 1.90. The summed E-state index contributed by atoms with van der Waals surface area (Å²) in [6, 6.07) is 23.4. The Morgan fingerprint density at radius 3 is 2.11 bits per heavy atom. The van der Waals surface area contributed by atoms with Gasteiger partial charge in [0.25, 0.3) is 5.91 Å². The van der Waals surface area contributed by atoms with Crippen molar-refractivity contribution in [3.8, 4) is 0 Å². The third kappa shape index (κ3) is 6.70. The second-order valence-electron chi connectivity index (χ2n) is 8.58. The number of allylic oxidation sites excluding steroid dienone is 2. The third-order valence-corrected chi connectivity index (χ3v) is 6.08. The highest BCUT2D eigenvalue weighted by atomic mass is 16.2. The van der Waals surface area contributed by atoms with Gasteiger partial charge in [-0.2, -0.15) is 0 Å². The highest BCUT2D eigenvalue weighted by Crippen LogP contribution is 2.29. The fourth-order valence-corrected chi connectivity index (χ4v) is 4.14. The third-order valence-electron chi connectivity index (χ3n) is 6.08. The Labute approximate surface area is 207 Å². The van der Waals surface area contributed by atoms with E-state index in [1.54, 1.807) is 0 Å². The summed E-state index contributed by atoms with van der Waals surface area (Å²) in [5, 5.41) is 8.71. The molecule has 1 aliphatic carbocycles. The predicted molar refractivity (Wildman–Crippen MR) is 145 cm³/mol. The molecular formula is C30H31N3O2. The minimum absolute atomic E-state index is 0.0868. The molecule has 0 aromatic heterocycles. The maximum Gasteiger partial charge on any atom is 0.252 e. The molecule has 1 aliphatic rings. The minimum Gasteiger partial charge on any atom is -0.388 e. The topological polar surface area (TPSA) is 70.2 Å². The van der Waals surface area contributed by atoms with Gasteiger partial charge in [-0.1, -0.05) is 60.7 Å².